The molecule has 2 fully saturated rings. The lowest BCUT2D eigenvalue weighted by atomic mass is 10.1. The van der Waals surface area contributed by atoms with E-state index in [1.807, 2.05) is 17.7 Å². The predicted molar refractivity (Wildman–Crippen MR) is 139 cm³/mol. The quantitative estimate of drug-likeness (QED) is 0.410. The molecule has 0 amide bonds. The molecule has 1 aliphatic heterocycles. The van der Waals surface area contributed by atoms with Crippen LogP contribution in [0.25, 0.3) is 11.0 Å². The fraction of sp³-hybridized carbons (Fsp3) is 0.400. The molecule has 0 radical (unpaired) electrons. The van der Waals surface area contributed by atoms with Crippen molar-refractivity contribution in [1.29, 1.82) is 0 Å². The van der Waals surface area contributed by atoms with E-state index in [2.05, 4.69) is 54.9 Å². The number of H-pyrrole nitrogens is 1. The van der Waals surface area contributed by atoms with Crippen LogP contribution in [0.5, 0.6) is 0 Å². The summed E-state index contributed by atoms with van der Waals surface area (Å²) < 4.78 is 1.88. The summed E-state index contributed by atoms with van der Waals surface area (Å²) >= 11 is 1.80. The van der Waals surface area contributed by atoms with E-state index in [0.29, 0.717) is 11.2 Å². The van der Waals surface area contributed by atoms with Crippen LogP contribution in [-0.2, 0) is 0 Å². The van der Waals surface area contributed by atoms with Crippen molar-refractivity contribution in [3.05, 3.63) is 58.6 Å². The standard InChI is InChI=1S/C25H28N8OS/c1-16-12-23(34)33(19-4-2-3-5-19)24-21(16)13-26-25(29-24)28-17-6-8-18(9-7-17)32-11-10-20(15-32)35-22-14-27-31-30-22/h6-9,12-14,19-20H,2-5,10-11,15H2,1H3,(H,26,28,29)(H,27,30,31). The summed E-state index contributed by atoms with van der Waals surface area (Å²) in [6, 6.07) is 10.3. The minimum Gasteiger partial charge on any atom is -0.370 e. The second-order valence-corrected chi connectivity index (χ2v) is 10.7. The van der Waals surface area contributed by atoms with Gasteiger partial charge in [0.05, 0.1) is 6.20 Å². The zero-order chi connectivity index (χ0) is 23.8. The third-order valence-corrected chi connectivity index (χ3v) is 8.18. The first kappa shape index (κ1) is 22.1. The molecule has 4 aromatic rings. The van der Waals surface area contributed by atoms with Crippen LogP contribution in [0.2, 0.25) is 0 Å². The van der Waals surface area contributed by atoms with E-state index in [0.717, 1.165) is 72.5 Å². The van der Waals surface area contributed by atoms with Crippen molar-refractivity contribution in [2.45, 2.75) is 55.3 Å². The van der Waals surface area contributed by atoms with Crippen LogP contribution >= 0.6 is 11.8 Å². The number of pyridine rings is 1. The highest BCUT2D eigenvalue weighted by atomic mass is 32.2. The topological polar surface area (TPSA) is 105 Å². The summed E-state index contributed by atoms with van der Waals surface area (Å²) in [5, 5.41) is 16.4. The monoisotopic (exact) mass is 488 g/mol. The van der Waals surface area contributed by atoms with E-state index in [4.69, 9.17) is 4.98 Å². The first-order chi connectivity index (χ1) is 17.1. The summed E-state index contributed by atoms with van der Waals surface area (Å²) in [7, 11) is 0. The number of aromatic amines is 1. The van der Waals surface area contributed by atoms with Gasteiger partial charge in [0.25, 0.3) is 5.56 Å². The molecule has 6 rings (SSSR count). The van der Waals surface area contributed by atoms with Crippen molar-refractivity contribution < 1.29 is 0 Å². The SMILES string of the molecule is Cc1cc(=O)n(C2CCCC2)c2nc(Nc3ccc(N4CCC(Sc5cnn[nH]5)C4)cc3)ncc12. The highest BCUT2D eigenvalue weighted by Gasteiger charge is 2.24. The molecule has 1 unspecified atom stereocenters. The van der Waals surface area contributed by atoms with Gasteiger partial charge in [-0.15, -0.1) is 16.9 Å². The van der Waals surface area contributed by atoms with Gasteiger partial charge in [-0.05, 0) is 56.0 Å². The maximum atomic E-state index is 12.9. The normalized spacial score (nSPS) is 18.5. The Labute approximate surface area is 207 Å². The minimum atomic E-state index is 0.0294. The molecule has 10 heteroatoms. The molecule has 4 heterocycles. The maximum absolute atomic E-state index is 12.9. The van der Waals surface area contributed by atoms with Crippen LogP contribution < -0.4 is 15.8 Å². The zero-order valence-corrected chi connectivity index (χ0v) is 20.5. The number of nitrogens with one attached hydrogen (secondary N) is 2. The van der Waals surface area contributed by atoms with Gasteiger partial charge >= 0.3 is 0 Å². The first-order valence-electron chi connectivity index (χ1n) is 12.2. The van der Waals surface area contributed by atoms with Gasteiger partial charge in [-0.25, -0.2) is 4.98 Å². The molecule has 1 atom stereocenters. The van der Waals surface area contributed by atoms with Crippen LogP contribution in [0.3, 0.4) is 0 Å². The molecule has 1 saturated heterocycles. The lowest BCUT2D eigenvalue weighted by Crippen LogP contribution is -2.24. The Morgan fingerprint density at radius 2 is 1.94 bits per heavy atom. The predicted octanol–water partition coefficient (Wildman–Crippen LogP) is 4.45. The first-order valence-corrected chi connectivity index (χ1v) is 13.1. The van der Waals surface area contributed by atoms with Gasteiger partial charge in [-0.1, -0.05) is 18.1 Å². The van der Waals surface area contributed by atoms with Gasteiger partial charge in [0.1, 0.15) is 10.7 Å². The number of anilines is 3. The van der Waals surface area contributed by atoms with Gasteiger partial charge in [-0.2, -0.15) is 4.98 Å². The van der Waals surface area contributed by atoms with E-state index in [9.17, 15) is 4.79 Å². The maximum Gasteiger partial charge on any atom is 0.252 e. The Morgan fingerprint density at radius 1 is 1.11 bits per heavy atom. The van der Waals surface area contributed by atoms with Gasteiger partial charge in [-0.3, -0.25) is 14.5 Å². The molecule has 35 heavy (non-hydrogen) atoms. The number of benzene rings is 1. The van der Waals surface area contributed by atoms with Crippen LogP contribution in [-0.4, -0.2) is 48.3 Å². The van der Waals surface area contributed by atoms with Gasteiger partial charge in [0.15, 0.2) is 0 Å². The Hall–Kier alpha value is -3.40. The third-order valence-electron chi connectivity index (χ3n) is 7.01. The zero-order valence-electron chi connectivity index (χ0n) is 19.6. The summed E-state index contributed by atoms with van der Waals surface area (Å²) in [6.07, 6.45) is 9.10. The fourth-order valence-electron chi connectivity index (χ4n) is 5.22. The number of thioether (sulfide) groups is 1. The molecule has 0 spiro atoms. The molecule has 1 aliphatic carbocycles. The van der Waals surface area contributed by atoms with Crippen LogP contribution in [0.1, 0.15) is 43.7 Å². The Balaban J connectivity index is 1.19. The fourth-order valence-corrected chi connectivity index (χ4v) is 6.25. The summed E-state index contributed by atoms with van der Waals surface area (Å²) in [4.78, 5) is 24.6. The number of hydrogen-bond acceptors (Lipinski definition) is 8. The van der Waals surface area contributed by atoms with Crippen molar-refractivity contribution in [1.82, 2.24) is 29.9 Å². The van der Waals surface area contributed by atoms with E-state index >= 15 is 0 Å². The highest BCUT2D eigenvalue weighted by molar-refractivity contribution is 7.99. The molecule has 2 N–H and O–H groups in total. The lowest BCUT2D eigenvalue weighted by molar-refractivity contribution is 0.515. The average molecular weight is 489 g/mol. The van der Waals surface area contributed by atoms with E-state index in [1.54, 1.807) is 24.0 Å². The van der Waals surface area contributed by atoms with Gasteiger partial charge in [0, 0.05) is 53.4 Å². The van der Waals surface area contributed by atoms with Gasteiger partial charge in [0.2, 0.25) is 5.95 Å². The van der Waals surface area contributed by atoms with Crippen LogP contribution in [0.4, 0.5) is 17.3 Å². The van der Waals surface area contributed by atoms with Crippen molar-refractivity contribution >= 4 is 40.1 Å². The van der Waals surface area contributed by atoms with Crippen molar-refractivity contribution in [2.24, 2.45) is 0 Å². The smallest absolute Gasteiger partial charge is 0.252 e. The average Bonchev–Trinajstić information content (AvgIpc) is 3.64. The lowest BCUT2D eigenvalue weighted by Gasteiger charge is -2.19. The van der Waals surface area contributed by atoms with Crippen molar-refractivity contribution in [2.75, 3.05) is 23.3 Å². The Bertz CT molecular complexity index is 1380. The van der Waals surface area contributed by atoms with E-state index in [-0.39, 0.29) is 11.6 Å². The number of aryl methyl sites for hydroxylation is 1. The largest absolute Gasteiger partial charge is 0.370 e. The number of fused-ring (bicyclic) bond motifs is 1. The van der Waals surface area contributed by atoms with Crippen molar-refractivity contribution in [3.8, 4) is 0 Å². The molecule has 2 aliphatic rings. The minimum absolute atomic E-state index is 0.0294. The molecule has 0 bridgehead atoms. The van der Waals surface area contributed by atoms with E-state index in [1.165, 1.54) is 5.69 Å². The summed E-state index contributed by atoms with van der Waals surface area (Å²) in [6.45, 7) is 3.96. The summed E-state index contributed by atoms with van der Waals surface area (Å²) in [5.74, 6) is 0.507. The molecule has 1 saturated carbocycles. The van der Waals surface area contributed by atoms with Gasteiger partial charge < -0.3 is 10.2 Å². The molecule has 9 nitrogen and oxygen atoms in total. The molecule has 3 aromatic heterocycles. The Morgan fingerprint density at radius 3 is 2.71 bits per heavy atom. The second-order valence-electron chi connectivity index (χ2n) is 9.37. The molecule has 180 valence electrons. The Kier molecular flexibility index (Phi) is 5.89. The van der Waals surface area contributed by atoms with E-state index < -0.39 is 0 Å². The number of rotatable bonds is 6. The van der Waals surface area contributed by atoms with Crippen LogP contribution in [0.15, 0.2) is 52.5 Å². The molecular weight excluding hydrogens is 460 g/mol. The molecular formula is C25H28N8OS. The molecule has 1 aromatic carbocycles. The number of hydrogen-bond donors (Lipinski definition) is 2. The highest BCUT2D eigenvalue weighted by Crippen LogP contribution is 2.32. The second kappa shape index (κ2) is 9.33. The van der Waals surface area contributed by atoms with Crippen molar-refractivity contribution in [3.63, 3.8) is 0 Å². The number of nitrogens with zero attached hydrogens (tertiary/aromatic N) is 6. The third kappa shape index (κ3) is 4.50. The number of aromatic nitrogens is 6. The summed E-state index contributed by atoms with van der Waals surface area (Å²) in [5.41, 5.74) is 3.79. The van der Waals surface area contributed by atoms with Crippen LogP contribution in [0, 0.1) is 6.92 Å².